The van der Waals surface area contributed by atoms with Crippen molar-refractivity contribution < 1.29 is 26.8 Å². The van der Waals surface area contributed by atoms with Crippen LogP contribution in [-0.4, -0.2) is 26.7 Å². The minimum absolute atomic E-state index is 0.142. The van der Waals surface area contributed by atoms with Crippen molar-refractivity contribution in [2.45, 2.75) is 25.1 Å². The van der Waals surface area contributed by atoms with Gasteiger partial charge in [-0.2, -0.15) is 13.2 Å². The summed E-state index contributed by atoms with van der Waals surface area (Å²) < 4.78 is 61.2. The molecule has 33 heavy (non-hydrogen) atoms. The van der Waals surface area contributed by atoms with E-state index < -0.39 is 29.1 Å². The van der Waals surface area contributed by atoms with Crippen LogP contribution in [-0.2, 0) is 6.18 Å². The third kappa shape index (κ3) is 3.76. The first kappa shape index (κ1) is 21.5. The summed E-state index contributed by atoms with van der Waals surface area (Å²) in [5, 5.41) is -0.223. The number of halogens is 5. The molecule has 1 saturated heterocycles. The molecule has 1 aliphatic rings. The van der Waals surface area contributed by atoms with Gasteiger partial charge in [-0.15, -0.1) is 0 Å². The fraction of sp³-hybridized carbons (Fsp3) is 0.217. The Morgan fingerprint density at radius 2 is 1.94 bits per heavy atom. The van der Waals surface area contributed by atoms with E-state index in [1.54, 1.807) is 18.2 Å². The number of aromatic nitrogens is 2. The predicted octanol–water partition coefficient (Wildman–Crippen LogP) is 6.38. The Morgan fingerprint density at radius 1 is 1.18 bits per heavy atom. The van der Waals surface area contributed by atoms with Crippen LogP contribution in [0.25, 0.3) is 17.0 Å². The molecule has 4 aromatic rings. The molecular formula is C23H16ClF4N3O2. The zero-order chi connectivity index (χ0) is 23.3. The van der Waals surface area contributed by atoms with E-state index >= 15 is 0 Å². The highest BCUT2D eigenvalue weighted by atomic mass is 35.5. The SMILES string of the molecule is O=C(c1nc2c(C(F)(F)F)cc(-c3ccco3)cn2c1Cl)N1CCCC1c1ccc(F)cc1. The van der Waals surface area contributed by atoms with Gasteiger partial charge in [0.2, 0.25) is 0 Å². The number of hydrogen-bond donors (Lipinski definition) is 0. The highest BCUT2D eigenvalue weighted by molar-refractivity contribution is 6.33. The molecule has 0 bridgehead atoms. The number of nitrogens with zero attached hydrogens (tertiary/aromatic N) is 3. The molecule has 0 radical (unpaired) electrons. The molecule has 5 rings (SSSR count). The number of carbonyl (C=O) groups is 1. The van der Waals surface area contributed by atoms with Crippen LogP contribution in [0.15, 0.2) is 59.3 Å². The van der Waals surface area contributed by atoms with E-state index in [1.807, 2.05) is 0 Å². The lowest BCUT2D eigenvalue weighted by Crippen LogP contribution is -2.31. The fourth-order valence-electron chi connectivity index (χ4n) is 4.22. The lowest BCUT2D eigenvalue weighted by molar-refractivity contribution is -0.136. The molecular weight excluding hydrogens is 462 g/mol. The minimum Gasteiger partial charge on any atom is -0.464 e. The molecule has 3 aromatic heterocycles. The first-order valence-corrected chi connectivity index (χ1v) is 10.5. The lowest BCUT2D eigenvalue weighted by Gasteiger charge is -2.24. The Balaban J connectivity index is 1.60. The lowest BCUT2D eigenvalue weighted by atomic mass is 10.0. The number of alkyl halides is 3. The summed E-state index contributed by atoms with van der Waals surface area (Å²) in [5.74, 6) is -0.760. The first-order chi connectivity index (χ1) is 15.7. The topological polar surface area (TPSA) is 50.8 Å². The van der Waals surface area contributed by atoms with E-state index in [2.05, 4.69) is 4.98 Å². The molecule has 4 heterocycles. The van der Waals surface area contributed by atoms with Crippen LogP contribution in [0.1, 0.15) is 40.5 Å². The molecule has 1 amide bonds. The number of pyridine rings is 1. The van der Waals surface area contributed by atoms with Gasteiger partial charge in [-0.05, 0) is 48.7 Å². The molecule has 1 fully saturated rings. The molecule has 1 unspecified atom stereocenters. The third-order valence-corrected chi connectivity index (χ3v) is 6.10. The second-order valence-electron chi connectivity index (χ2n) is 7.77. The molecule has 0 N–H and O–H groups in total. The number of imidazole rings is 1. The number of rotatable bonds is 3. The van der Waals surface area contributed by atoms with Crippen molar-refractivity contribution in [3.8, 4) is 11.3 Å². The second kappa shape index (κ2) is 7.91. The van der Waals surface area contributed by atoms with Gasteiger partial charge in [0.25, 0.3) is 5.91 Å². The van der Waals surface area contributed by atoms with E-state index in [0.717, 1.165) is 16.0 Å². The van der Waals surface area contributed by atoms with Gasteiger partial charge in [-0.3, -0.25) is 9.20 Å². The summed E-state index contributed by atoms with van der Waals surface area (Å²) in [6, 6.07) is 9.45. The zero-order valence-electron chi connectivity index (χ0n) is 16.9. The van der Waals surface area contributed by atoms with Crippen LogP contribution in [0.2, 0.25) is 5.15 Å². The summed E-state index contributed by atoms with van der Waals surface area (Å²) in [5.41, 5.74) is -0.896. The molecule has 0 aliphatic carbocycles. The van der Waals surface area contributed by atoms with Crippen molar-refractivity contribution in [2.75, 3.05) is 6.54 Å². The number of likely N-dealkylation sites (tertiary alicyclic amines) is 1. The average molecular weight is 478 g/mol. The van der Waals surface area contributed by atoms with Crippen molar-refractivity contribution in [1.82, 2.24) is 14.3 Å². The molecule has 1 aliphatic heterocycles. The number of fused-ring (bicyclic) bond motifs is 1. The van der Waals surface area contributed by atoms with Crippen LogP contribution in [0.3, 0.4) is 0 Å². The summed E-state index contributed by atoms with van der Waals surface area (Å²) in [6.45, 7) is 0.384. The van der Waals surface area contributed by atoms with Crippen molar-refractivity contribution in [3.63, 3.8) is 0 Å². The number of hydrogen-bond acceptors (Lipinski definition) is 3. The van der Waals surface area contributed by atoms with Gasteiger partial charge in [-0.25, -0.2) is 9.37 Å². The number of furan rings is 1. The van der Waals surface area contributed by atoms with Gasteiger partial charge < -0.3 is 9.32 Å². The average Bonchev–Trinajstić information content (AvgIpc) is 3.53. The maximum atomic E-state index is 13.8. The van der Waals surface area contributed by atoms with E-state index in [1.165, 1.54) is 35.6 Å². The second-order valence-corrected chi connectivity index (χ2v) is 8.13. The van der Waals surface area contributed by atoms with Crippen molar-refractivity contribution in [1.29, 1.82) is 0 Å². The zero-order valence-corrected chi connectivity index (χ0v) is 17.7. The van der Waals surface area contributed by atoms with E-state index in [-0.39, 0.29) is 28.2 Å². The van der Waals surface area contributed by atoms with Gasteiger partial charge in [0.05, 0.1) is 17.9 Å². The molecule has 5 nitrogen and oxygen atoms in total. The van der Waals surface area contributed by atoms with Crippen LogP contribution in [0.5, 0.6) is 0 Å². The highest BCUT2D eigenvalue weighted by Crippen LogP contribution is 2.38. The normalized spacial score (nSPS) is 16.6. The predicted molar refractivity (Wildman–Crippen MR) is 112 cm³/mol. The van der Waals surface area contributed by atoms with E-state index in [9.17, 15) is 22.4 Å². The smallest absolute Gasteiger partial charge is 0.420 e. The maximum absolute atomic E-state index is 13.8. The van der Waals surface area contributed by atoms with Gasteiger partial charge in [-0.1, -0.05) is 23.7 Å². The van der Waals surface area contributed by atoms with Crippen LogP contribution < -0.4 is 0 Å². The Hall–Kier alpha value is -3.33. The van der Waals surface area contributed by atoms with E-state index in [0.29, 0.717) is 19.4 Å². The Kier molecular flexibility index (Phi) is 5.16. The monoisotopic (exact) mass is 477 g/mol. The largest absolute Gasteiger partial charge is 0.464 e. The fourth-order valence-corrected chi connectivity index (χ4v) is 4.47. The van der Waals surface area contributed by atoms with Gasteiger partial charge in [0, 0.05) is 18.3 Å². The summed E-state index contributed by atoms with van der Waals surface area (Å²) in [7, 11) is 0. The van der Waals surface area contributed by atoms with Gasteiger partial charge in [0.1, 0.15) is 16.7 Å². The Labute approximate surface area is 190 Å². The number of benzene rings is 1. The molecule has 1 aromatic carbocycles. The van der Waals surface area contributed by atoms with Gasteiger partial charge in [0.15, 0.2) is 11.3 Å². The minimum atomic E-state index is -4.73. The maximum Gasteiger partial charge on any atom is 0.420 e. The Bertz CT molecular complexity index is 1330. The number of carbonyl (C=O) groups excluding carboxylic acids is 1. The molecule has 0 saturated carbocycles. The van der Waals surface area contributed by atoms with Gasteiger partial charge >= 0.3 is 6.18 Å². The Morgan fingerprint density at radius 3 is 2.61 bits per heavy atom. The van der Waals surface area contributed by atoms with Crippen LogP contribution in [0, 0.1) is 5.82 Å². The number of amides is 1. The quantitative estimate of drug-likeness (QED) is 0.322. The van der Waals surface area contributed by atoms with Crippen LogP contribution in [0.4, 0.5) is 17.6 Å². The molecule has 1 atom stereocenters. The standard InChI is InChI=1S/C23H16ClF4N3O2/c24-20-19(22(32)30-9-1-3-17(30)13-5-7-15(25)8-6-13)29-21-16(23(26,27)28)11-14(12-31(20)21)18-4-2-10-33-18/h2,4-8,10-12,17H,1,3,9H2. The van der Waals surface area contributed by atoms with Crippen molar-refractivity contribution in [3.05, 3.63) is 82.7 Å². The first-order valence-electron chi connectivity index (χ1n) is 10.1. The van der Waals surface area contributed by atoms with E-state index in [4.69, 9.17) is 16.0 Å². The summed E-state index contributed by atoms with van der Waals surface area (Å²) >= 11 is 6.41. The molecule has 0 spiro atoms. The third-order valence-electron chi connectivity index (χ3n) is 5.74. The summed E-state index contributed by atoms with van der Waals surface area (Å²) in [6.07, 6.45) is -0.700. The van der Waals surface area contributed by atoms with Crippen molar-refractivity contribution in [2.24, 2.45) is 0 Å². The molecule has 170 valence electrons. The van der Waals surface area contributed by atoms with Crippen molar-refractivity contribution >= 4 is 23.2 Å². The molecule has 10 heteroatoms. The highest BCUT2D eigenvalue weighted by Gasteiger charge is 2.38. The summed E-state index contributed by atoms with van der Waals surface area (Å²) in [4.78, 5) is 18.9. The van der Waals surface area contributed by atoms with Crippen LogP contribution >= 0.6 is 11.6 Å².